The van der Waals surface area contributed by atoms with Crippen molar-refractivity contribution in [2.24, 2.45) is 0 Å². The zero-order valence-corrected chi connectivity index (χ0v) is 14.8. The minimum Gasteiger partial charge on any atom is -0.464 e. The second kappa shape index (κ2) is 7.61. The molecule has 1 fully saturated rings. The lowest BCUT2D eigenvalue weighted by Gasteiger charge is -2.50. The highest BCUT2D eigenvalue weighted by molar-refractivity contribution is 5.80. The van der Waals surface area contributed by atoms with E-state index in [0.29, 0.717) is 0 Å². The number of hydrogen-bond acceptors (Lipinski definition) is 8. The van der Waals surface area contributed by atoms with Gasteiger partial charge < -0.3 is 28.4 Å². The van der Waals surface area contributed by atoms with Crippen molar-refractivity contribution in [3.8, 4) is 6.26 Å². The number of hydrogen-bond donors (Lipinski definition) is 0. The van der Waals surface area contributed by atoms with Crippen LogP contribution < -0.4 is 0 Å². The van der Waals surface area contributed by atoms with E-state index in [1.807, 2.05) is 0 Å². The number of nitriles is 1. The quantitative estimate of drug-likeness (QED) is 0.501. The summed E-state index contributed by atoms with van der Waals surface area (Å²) in [6, 6.07) is 0. The summed E-state index contributed by atoms with van der Waals surface area (Å²) in [4.78, 5) is 11.9. The molecule has 0 saturated carbocycles. The van der Waals surface area contributed by atoms with Gasteiger partial charge in [0.2, 0.25) is 17.2 Å². The number of nitrogens with zero attached hydrogens (tertiary/aromatic N) is 1. The summed E-state index contributed by atoms with van der Waals surface area (Å²) in [5.74, 6) is -3.86. The van der Waals surface area contributed by atoms with Gasteiger partial charge in [-0.3, -0.25) is 0 Å². The Labute approximate surface area is 140 Å². The highest BCUT2D eigenvalue weighted by Crippen LogP contribution is 2.39. The molecule has 1 heterocycles. The van der Waals surface area contributed by atoms with Gasteiger partial charge in [0.15, 0.2) is 6.10 Å². The fourth-order valence-corrected chi connectivity index (χ4v) is 2.41. The van der Waals surface area contributed by atoms with Gasteiger partial charge >= 0.3 is 5.97 Å². The van der Waals surface area contributed by atoms with Crippen LogP contribution >= 0.6 is 0 Å². The Bertz CT molecular complexity index is 495. The molecule has 1 aliphatic heterocycles. The van der Waals surface area contributed by atoms with E-state index in [4.69, 9.17) is 33.7 Å². The van der Waals surface area contributed by atoms with E-state index in [0.717, 1.165) is 6.92 Å². The van der Waals surface area contributed by atoms with Crippen LogP contribution in [0.4, 0.5) is 4.39 Å². The van der Waals surface area contributed by atoms with Crippen LogP contribution in [-0.2, 0) is 33.2 Å². The largest absolute Gasteiger partial charge is 0.464 e. The average molecular weight is 349 g/mol. The lowest BCUT2D eigenvalue weighted by atomic mass is 9.94. The van der Waals surface area contributed by atoms with E-state index < -0.39 is 35.4 Å². The van der Waals surface area contributed by atoms with Crippen LogP contribution in [0, 0.1) is 11.5 Å². The first-order valence-electron chi connectivity index (χ1n) is 7.44. The number of carbonyl (C=O) groups excluding carboxylic acids is 1. The first kappa shape index (κ1) is 20.6. The molecule has 138 valence electrons. The summed E-state index contributed by atoms with van der Waals surface area (Å²) in [5, 5.41) is 8.84. The Morgan fingerprint density at radius 2 is 2.00 bits per heavy atom. The molecule has 0 aromatic carbocycles. The van der Waals surface area contributed by atoms with Gasteiger partial charge in [0.05, 0.1) is 13.2 Å². The van der Waals surface area contributed by atoms with E-state index >= 15 is 0 Å². The first-order chi connectivity index (χ1) is 11.1. The lowest BCUT2D eigenvalue weighted by molar-refractivity contribution is -0.438. The average Bonchev–Trinajstić information content (AvgIpc) is 2.55. The Morgan fingerprint density at radius 1 is 1.42 bits per heavy atom. The predicted molar refractivity (Wildman–Crippen MR) is 78.3 cm³/mol. The number of halogens is 1. The molecule has 4 unspecified atom stereocenters. The number of methoxy groups -OCH3 is 2. The molecular weight excluding hydrogens is 325 g/mol. The molecule has 0 spiro atoms. The standard InChI is InChI=1S/C15H24FNO7/c1-7-21-12(18)13(2,16)11(22-9-17)10-8-23-14(3,19-5)15(4,20-6)24-10/h10-11H,7-8H2,1-6H3/t10-,11?,13?,14?,15?/m0/s1. The Hall–Kier alpha value is -1.47. The molecule has 0 radical (unpaired) electrons. The highest BCUT2D eigenvalue weighted by atomic mass is 19.1. The molecule has 0 aromatic heterocycles. The van der Waals surface area contributed by atoms with Crippen molar-refractivity contribution < 1.29 is 37.6 Å². The van der Waals surface area contributed by atoms with Gasteiger partial charge in [0.1, 0.15) is 6.10 Å². The van der Waals surface area contributed by atoms with Crippen molar-refractivity contribution in [2.45, 2.75) is 57.1 Å². The van der Waals surface area contributed by atoms with Gasteiger partial charge in [-0.05, 0) is 27.7 Å². The van der Waals surface area contributed by atoms with Crippen LogP contribution in [0.25, 0.3) is 0 Å². The number of carbonyl (C=O) groups is 1. The molecule has 0 aliphatic carbocycles. The lowest BCUT2D eigenvalue weighted by Crippen LogP contribution is -2.66. The smallest absolute Gasteiger partial charge is 0.347 e. The van der Waals surface area contributed by atoms with Gasteiger partial charge in [0.25, 0.3) is 6.26 Å². The van der Waals surface area contributed by atoms with Gasteiger partial charge in [0, 0.05) is 14.2 Å². The van der Waals surface area contributed by atoms with Crippen LogP contribution in [0.2, 0.25) is 0 Å². The second-order valence-corrected chi connectivity index (χ2v) is 5.69. The van der Waals surface area contributed by atoms with E-state index in [9.17, 15) is 9.18 Å². The predicted octanol–water partition coefficient (Wildman–Crippen LogP) is 1.28. The third kappa shape index (κ3) is 3.62. The van der Waals surface area contributed by atoms with E-state index in [1.165, 1.54) is 27.4 Å². The molecule has 0 bridgehead atoms. The van der Waals surface area contributed by atoms with Crippen molar-refractivity contribution in [3.05, 3.63) is 0 Å². The summed E-state index contributed by atoms with van der Waals surface area (Å²) in [6.45, 7) is 5.43. The Balaban J connectivity index is 3.11. The second-order valence-electron chi connectivity index (χ2n) is 5.69. The van der Waals surface area contributed by atoms with Gasteiger partial charge in [-0.25, -0.2) is 9.18 Å². The van der Waals surface area contributed by atoms with Crippen molar-refractivity contribution in [3.63, 3.8) is 0 Å². The first-order valence-corrected chi connectivity index (χ1v) is 7.44. The van der Waals surface area contributed by atoms with Gasteiger partial charge in [-0.1, -0.05) is 0 Å². The van der Waals surface area contributed by atoms with Gasteiger partial charge in [-0.2, -0.15) is 5.26 Å². The fraction of sp³-hybridized carbons (Fsp3) is 0.867. The van der Waals surface area contributed by atoms with Crippen LogP contribution in [0.15, 0.2) is 0 Å². The topological polar surface area (TPSA) is 96.2 Å². The van der Waals surface area contributed by atoms with Crippen LogP contribution in [0.3, 0.4) is 0 Å². The minimum atomic E-state index is -2.63. The van der Waals surface area contributed by atoms with E-state index in [1.54, 1.807) is 13.8 Å². The molecule has 8 nitrogen and oxygen atoms in total. The zero-order valence-electron chi connectivity index (χ0n) is 14.8. The number of ether oxygens (including phenoxy) is 6. The van der Waals surface area contributed by atoms with Gasteiger partial charge in [-0.15, -0.1) is 0 Å². The van der Waals surface area contributed by atoms with Crippen molar-refractivity contribution in [2.75, 3.05) is 27.4 Å². The molecule has 0 amide bonds. The monoisotopic (exact) mass is 349 g/mol. The molecule has 9 heteroatoms. The van der Waals surface area contributed by atoms with E-state index in [2.05, 4.69) is 0 Å². The van der Waals surface area contributed by atoms with Crippen LogP contribution in [0.5, 0.6) is 0 Å². The molecule has 5 atom stereocenters. The van der Waals surface area contributed by atoms with Crippen molar-refractivity contribution in [1.29, 1.82) is 5.26 Å². The van der Waals surface area contributed by atoms with Crippen molar-refractivity contribution in [1.82, 2.24) is 0 Å². The molecule has 1 saturated heterocycles. The molecule has 1 aliphatic rings. The summed E-state index contributed by atoms with van der Waals surface area (Å²) in [5.41, 5.74) is -2.63. The summed E-state index contributed by atoms with van der Waals surface area (Å²) in [6.07, 6.45) is -1.31. The maximum Gasteiger partial charge on any atom is 0.347 e. The third-order valence-electron chi connectivity index (χ3n) is 4.23. The van der Waals surface area contributed by atoms with E-state index in [-0.39, 0.29) is 13.2 Å². The molecule has 0 N–H and O–H groups in total. The fourth-order valence-electron chi connectivity index (χ4n) is 2.41. The highest BCUT2D eigenvalue weighted by Gasteiger charge is 2.59. The summed E-state index contributed by atoms with van der Waals surface area (Å²) >= 11 is 0. The Kier molecular flexibility index (Phi) is 6.52. The summed E-state index contributed by atoms with van der Waals surface area (Å²) in [7, 11) is 2.77. The molecular formula is C15H24FNO7. The summed E-state index contributed by atoms with van der Waals surface area (Å²) < 4.78 is 46.4. The zero-order chi connectivity index (χ0) is 18.6. The third-order valence-corrected chi connectivity index (χ3v) is 4.23. The maximum atomic E-state index is 15.0. The van der Waals surface area contributed by atoms with Crippen molar-refractivity contribution >= 4 is 5.97 Å². The molecule has 0 aromatic rings. The molecule has 24 heavy (non-hydrogen) atoms. The number of rotatable bonds is 7. The molecule has 1 rings (SSSR count). The SMILES string of the molecule is CCOC(=O)C(C)(F)C(OC#N)[C@@H]1COC(C)(OC)C(C)(OC)O1. The van der Waals surface area contributed by atoms with Crippen LogP contribution in [0.1, 0.15) is 27.7 Å². The maximum absolute atomic E-state index is 15.0. The minimum absolute atomic E-state index is 0.0167. The normalized spacial score (nSPS) is 33.8. The number of esters is 1. The van der Waals surface area contributed by atoms with Crippen LogP contribution in [-0.4, -0.2) is 62.9 Å². The number of alkyl halides is 1. The Morgan fingerprint density at radius 3 is 2.46 bits per heavy atom.